The first-order valence-corrected chi connectivity index (χ1v) is 3.78. The smallest absolute Gasteiger partial charge is 0.545 e. The maximum Gasteiger partial charge on any atom is 3.00 e. The molecule has 0 N–H and O–H groups in total. The normalized spacial score (nSPS) is 6.56. The van der Waals surface area contributed by atoms with Gasteiger partial charge in [-0.05, 0) is 0 Å². The van der Waals surface area contributed by atoms with Crippen LogP contribution in [0.25, 0.3) is 0 Å². The van der Waals surface area contributed by atoms with Crippen molar-refractivity contribution in [2.24, 2.45) is 0 Å². The quantitative estimate of drug-likeness (QED) is 0.415. The Morgan fingerprint density at radius 2 is 1.50 bits per heavy atom. The summed E-state index contributed by atoms with van der Waals surface area (Å²) in [6.45, 7) is 12.8. The van der Waals surface area contributed by atoms with Crippen molar-refractivity contribution in [3.63, 3.8) is 0 Å². The Morgan fingerprint density at radius 3 is 1.62 bits per heavy atom. The van der Waals surface area contributed by atoms with E-state index in [-0.39, 0.29) is 19.5 Å². The van der Waals surface area contributed by atoms with Crippen molar-refractivity contribution < 1.29 is 33.5 Å². The Hall–Kier alpha value is -1.03. The van der Waals surface area contributed by atoms with Gasteiger partial charge in [0.1, 0.15) is 0 Å². The fraction of sp³-hybridized carbons (Fsp3) is 0.300. The van der Waals surface area contributed by atoms with Crippen LogP contribution in [0.4, 0.5) is 4.39 Å². The summed E-state index contributed by atoms with van der Waals surface area (Å²) < 4.78 is 11.7. The first-order valence-electron chi connectivity index (χ1n) is 3.78. The van der Waals surface area contributed by atoms with Gasteiger partial charge in [-0.2, -0.15) is 25.2 Å². The molecule has 0 saturated heterocycles. The van der Waals surface area contributed by atoms with Gasteiger partial charge in [0, 0.05) is 12.4 Å². The van der Waals surface area contributed by atoms with Gasteiger partial charge in [-0.15, -0.1) is 0 Å². The Labute approximate surface area is 108 Å². The van der Waals surface area contributed by atoms with Gasteiger partial charge >= 0.3 is 19.5 Å². The van der Waals surface area contributed by atoms with E-state index in [0.717, 1.165) is 6.20 Å². The Kier molecular flexibility index (Phi) is 35.9. The van der Waals surface area contributed by atoms with E-state index in [0.29, 0.717) is 0 Å². The fourth-order valence-corrected chi connectivity index (χ4v) is 0.281. The molecule has 0 fully saturated rings. The molecule has 0 saturated carbocycles. The molecule has 91 valence electrons. The van der Waals surface area contributed by atoms with Crippen LogP contribution in [0.2, 0.25) is 0 Å². The molecular weight excluding hydrogens is 300 g/mol. The van der Waals surface area contributed by atoms with Gasteiger partial charge in [-0.3, -0.25) is 18.6 Å². The SMILES string of the molecule is C[C-](C)C.Fc1cnccn1.[CH-]=O.[CH-]=O.[Ru+3]. The van der Waals surface area contributed by atoms with Crippen molar-refractivity contribution >= 4 is 13.6 Å². The molecule has 1 heterocycles. The van der Waals surface area contributed by atoms with Gasteiger partial charge in [0.05, 0.1) is 6.20 Å². The van der Waals surface area contributed by atoms with E-state index in [4.69, 9.17) is 9.59 Å². The van der Waals surface area contributed by atoms with E-state index in [1.165, 1.54) is 18.3 Å². The number of halogens is 1. The first kappa shape index (κ1) is 24.3. The molecule has 1 aromatic rings. The van der Waals surface area contributed by atoms with E-state index in [2.05, 4.69) is 44.3 Å². The molecule has 1 rings (SSSR count). The third-order valence-corrected chi connectivity index (χ3v) is 0.532. The Bertz CT molecular complexity index is 208. The maximum absolute atomic E-state index is 11.7. The second-order valence-electron chi connectivity index (χ2n) is 2.53. The van der Waals surface area contributed by atoms with E-state index >= 15 is 0 Å². The number of carbonyl (C=O) groups excluding carboxylic acids is 2. The summed E-state index contributed by atoms with van der Waals surface area (Å²) in [5, 5.41) is 0. The summed E-state index contributed by atoms with van der Waals surface area (Å²) >= 11 is 0. The molecule has 1 radical (unpaired) electrons. The van der Waals surface area contributed by atoms with Crippen molar-refractivity contribution in [1.29, 1.82) is 0 Å². The molecule has 0 aliphatic heterocycles. The molecule has 1 aromatic heterocycles. The van der Waals surface area contributed by atoms with Crippen LogP contribution in [0.3, 0.4) is 0 Å². The van der Waals surface area contributed by atoms with Gasteiger partial charge < -0.3 is 15.5 Å². The monoisotopic (exact) mass is 315 g/mol. The minimum atomic E-state index is -0.539. The van der Waals surface area contributed by atoms with Gasteiger partial charge in [0.15, 0.2) is 0 Å². The first-order chi connectivity index (χ1) is 7.13. The minimum Gasteiger partial charge on any atom is -0.545 e. The van der Waals surface area contributed by atoms with Gasteiger partial charge in [0.2, 0.25) is 5.95 Å². The Morgan fingerprint density at radius 1 is 1.12 bits per heavy atom. The Balaban J connectivity index is -0.0000000702. The summed E-state index contributed by atoms with van der Waals surface area (Å²) in [6.07, 6.45) is 3.78. The van der Waals surface area contributed by atoms with Crippen molar-refractivity contribution in [3.8, 4) is 0 Å². The number of hydrogen-bond acceptors (Lipinski definition) is 4. The van der Waals surface area contributed by atoms with E-state index in [9.17, 15) is 4.39 Å². The molecule has 0 atom stereocenters. The largest absolute Gasteiger partial charge is 3.00 e. The molecule has 0 amide bonds. The summed E-state index contributed by atoms with van der Waals surface area (Å²) in [6, 6.07) is 0. The molecule has 6 heteroatoms. The van der Waals surface area contributed by atoms with Crippen LogP contribution in [-0.4, -0.2) is 23.5 Å². The van der Waals surface area contributed by atoms with Gasteiger partial charge in [-0.1, -0.05) is 0 Å². The zero-order chi connectivity index (χ0) is 12.7. The van der Waals surface area contributed by atoms with Crippen LogP contribution in [0.5, 0.6) is 0 Å². The van der Waals surface area contributed by atoms with Gasteiger partial charge in [-0.25, -0.2) is 4.98 Å². The molecule has 0 aliphatic carbocycles. The maximum atomic E-state index is 11.7. The molecule has 0 bridgehead atoms. The van der Waals surface area contributed by atoms with Crippen LogP contribution < -0.4 is 0 Å². The van der Waals surface area contributed by atoms with Crippen molar-refractivity contribution in [2.75, 3.05) is 0 Å². The predicted octanol–water partition coefficient (Wildman–Crippen LogP) is 1.69. The summed E-state index contributed by atoms with van der Waals surface area (Å²) in [4.78, 5) is 22.2. The van der Waals surface area contributed by atoms with Crippen LogP contribution in [-0.2, 0) is 29.1 Å². The van der Waals surface area contributed by atoms with Crippen LogP contribution in [0, 0.1) is 11.9 Å². The van der Waals surface area contributed by atoms with Crippen LogP contribution in [0.15, 0.2) is 18.6 Å². The average molecular weight is 314 g/mol. The predicted molar refractivity (Wildman–Crippen MR) is 55.8 cm³/mol. The zero-order valence-corrected chi connectivity index (χ0v) is 11.1. The zero-order valence-electron chi connectivity index (χ0n) is 9.33. The van der Waals surface area contributed by atoms with Crippen LogP contribution in [0.1, 0.15) is 20.8 Å². The van der Waals surface area contributed by atoms with Crippen molar-refractivity contribution in [2.45, 2.75) is 20.8 Å². The molecule has 4 nitrogen and oxygen atoms in total. The van der Waals surface area contributed by atoms with Crippen molar-refractivity contribution in [3.05, 3.63) is 30.5 Å². The topological polar surface area (TPSA) is 59.9 Å². The third-order valence-electron chi connectivity index (χ3n) is 0.532. The molecule has 0 unspecified atom stereocenters. The van der Waals surface area contributed by atoms with E-state index in [1.54, 1.807) is 0 Å². The molecule has 0 spiro atoms. The second-order valence-corrected chi connectivity index (χ2v) is 2.53. The standard InChI is InChI=1S/C4H3FN2.C4H9.2CHO.Ru/c5-4-3-6-1-2-7-4;1-4(2)3;2*1-2;/h1-3H;1-3H3;2*1H;/q;3*-1;+3. The molecular formula is C10H14FN2O2Ru. The van der Waals surface area contributed by atoms with Gasteiger partial charge in [0.25, 0.3) is 0 Å². The number of rotatable bonds is 0. The number of hydrogen-bond donors (Lipinski definition) is 0. The summed E-state index contributed by atoms with van der Waals surface area (Å²) in [5.74, 6) is 0.877. The fourth-order valence-electron chi connectivity index (χ4n) is 0.281. The molecule has 16 heavy (non-hydrogen) atoms. The van der Waals surface area contributed by atoms with E-state index < -0.39 is 5.95 Å². The van der Waals surface area contributed by atoms with Crippen LogP contribution >= 0.6 is 0 Å². The summed E-state index contributed by atoms with van der Waals surface area (Å²) in [5.41, 5.74) is 0. The average Bonchev–Trinajstić information content (AvgIpc) is 2.24. The molecule has 0 aliphatic rings. The number of aromatic nitrogens is 2. The molecule has 0 aromatic carbocycles. The van der Waals surface area contributed by atoms with E-state index in [1.807, 2.05) is 0 Å². The summed E-state index contributed by atoms with van der Waals surface area (Å²) in [7, 11) is 0. The van der Waals surface area contributed by atoms with Crippen molar-refractivity contribution in [1.82, 2.24) is 9.97 Å². The minimum absolute atomic E-state index is 0. The number of nitrogens with zero attached hydrogens (tertiary/aromatic N) is 2. The third kappa shape index (κ3) is 38.2. The second kappa shape index (κ2) is 23.6.